The van der Waals surface area contributed by atoms with Crippen LogP contribution in [-0.4, -0.2) is 38.8 Å². The number of hydrogen-bond acceptors (Lipinski definition) is 4. The molecule has 0 unspecified atom stereocenters. The summed E-state index contributed by atoms with van der Waals surface area (Å²) in [5, 5.41) is 2.99. The van der Waals surface area contributed by atoms with Gasteiger partial charge in [0.25, 0.3) is 0 Å². The second-order valence-electron chi connectivity index (χ2n) is 6.53. The van der Waals surface area contributed by atoms with Crippen molar-refractivity contribution in [2.24, 2.45) is 0 Å². The number of pyridine rings is 1. The molecule has 6 heteroatoms. The molecule has 128 valence electrons. The van der Waals surface area contributed by atoms with Gasteiger partial charge in [-0.2, -0.15) is 0 Å². The zero-order valence-electron chi connectivity index (χ0n) is 14.4. The van der Waals surface area contributed by atoms with Crippen molar-refractivity contribution in [3.8, 4) is 0 Å². The predicted octanol–water partition coefficient (Wildman–Crippen LogP) is 2.25. The maximum Gasteiger partial charge on any atom is 0.242 e. The van der Waals surface area contributed by atoms with Crippen LogP contribution >= 0.6 is 0 Å². The van der Waals surface area contributed by atoms with Crippen LogP contribution in [0.4, 0.5) is 0 Å². The van der Waals surface area contributed by atoms with Crippen LogP contribution in [0.25, 0.3) is 11.2 Å². The van der Waals surface area contributed by atoms with Crippen LogP contribution in [0, 0.1) is 13.8 Å². The van der Waals surface area contributed by atoms with Crippen molar-refractivity contribution < 1.29 is 4.79 Å². The van der Waals surface area contributed by atoms with E-state index in [2.05, 4.69) is 25.2 Å². The Morgan fingerprint density at radius 3 is 2.84 bits per heavy atom. The van der Waals surface area contributed by atoms with Gasteiger partial charge >= 0.3 is 0 Å². The number of amides is 1. The lowest BCUT2D eigenvalue weighted by Crippen LogP contribution is -2.49. The van der Waals surface area contributed by atoms with E-state index in [0.717, 1.165) is 40.2 Å². The van der Waals surface area contributed by atoms with Crippen molar-refractivity contribution in [1.29, 1.82) is 0 Å². The maximum atomic E-state index is 12.6. The third-order valence-electron chi connectivity index (χ3n) is 4.80. The minimum absolute atomic E-state index is 0.0472. The Morgan fingerprint density at radius 1 is 1.20 bits per heavy atom. The maximum absolute atomic E-state index is 12.6. The number of piperazine rings is 1. The first-order valence-corrected chi connectivity index (χ1v) is 8.51. The average Bonchev–Trinajstić information content (AvgIpc) is 3.00. The number of aromatic nitrogens is 3. The molecule has 1 aliphatic heterocycles. The fourth-order valence-electron chi connectivity index (χ4n) is 3.47. The minimum atomic E-state index is -0.294. The van der Waals surface area contributed by atoms with Gasteiger partial charge in [0.1, 0.15) is 11.9 Å². The van der Waals surface area contributed by atoms with E-state index in [1.165, 1.54) is 0 Å². The van der Waals surface area contributed by atoms with Crippen LogP contribution in [0.1, 0.15) is 28.6 Å². The molecule has 3 aromatic rings. The molecule has 6 nitrogen and oxygen atoms in total. The Hall–Kier alpha value is -2.73. The number of H-pyrrole nitrogens is 1. The first-order valence-electron chi connectivity index (χ1n) is 8.51. The fourth-order valence-corrected chi connectivity index (χ4v) is 3.47. The Balaban J connectivity index is 1.68. The van der Waals surface area contributed by atoms with E-state index >= 15 is 0 Å². The molecule has 1 atom stereocenters. The number of aromatic amines is 1. The quantitative estimate of drug-likeness (QED) is 0.770. The summed E-state index contributed by atoms with van der Waals surface area (Å²) in [7, 11) is 0. The average molecular weight is 335 g/mol. The van der Waals surface area contributed by atoms with E-state index in [1.807, 2.05) is 44.2 Å². The highest BCUT2D eigenvalue weighted by atomic mass is 16.2. The highest BCUT2D eigenvalue weighted by Gasteiger charge is 2.32. The van der Waals surface area contributed by atoms with Gasteiger partial charge in [0, 0.05) is 19.3 Å². The third kappa shape index (κ3) is 2.89. The van der Waals surface area contributed by atoms with Crippen molar-refractivity contribution in [3.63, 3.8) is 0 Å². The van der Waals surface area contributed by atoms with Crippen molar-refractivity contribution in [1.82, 2.24) is 25.2 Å². The van der Waals surface area contributed by atoms with E-state index in [-0.39, 0.29) is 11.9 Å². The summed E-state index contributed by atoms with van der Waals surface area (Å²) in [6, 6.07) is 9.73. The van der Waals surface area contributed by atoms with E-state index in [0.29, 0.717) is 13.1 Å². The van der Waals surface area contributed by atoms with Crippen LogP contribution in [0.15, 0.2) is 36.5 Å². The lowest BCUT2D eigenvalue weighted by Gasteiger charge is -2.35. The Labute approximate surface area is 146 Å². The van der Waals surface area contributed by atoms with Crippen LogP contribution in [0.5, 0.6) is 0 Å². The van der Waals surface area contributed by atoms with Crippen molar-refractivity contribution >= 4 is 17.1 Å². The van der Waals surface area contributed by atoms with E-state index in [1.54, 1.807) is 6.20 Å². The molecule has 0 radical (unpaired) electrons. The smallest absolute Gasteiger partial charge is 0.242 e. The molecule has 1 aromatic carbocycles. The molecule has 0 aliphatic carbocycles. The first kappa shape index (κ1) is 15.8. The van der Waals surface area contributed by atoms with Gasteiger partial charge in [-0.25, -0.2) is 9.97 Å². The number of nitrogens with zero attached hydrogens (tertiary/aromatic N) is 3. The predicted molar refractivity (Wildman–Crippen MR) is 96.0 cm³/mol. The van der Waals surface area contributed by atoms with E-state index in [4.69, 9.17) is 0 Å². The Morgan fingerprint density at radius 2 is 2.04 bits per heavy atom. The number of hydrogen-bond donors (Lipinski definition) is 2. The topological polar surface area (TPSA) is 73.9 Å². The number of carbonyl (C=O) groups excluding carboxylic acids is 1. The molecule has 0 bridgehead atoms. The third-order valence-corrected chi connectivity index (χ3v) is 4.80. The molecule has 2 N–H and O–H groups in total. The largest absolute Gasteiger partial charge is 0.353 e. The van der Waals surface area contributed by atoms with Gasteiger partial charge in [-0.15, -0.1) is 0 Å². The van der Waals surface area contributed by atoms with Gasteiger partial charge in [-0.05, 0) is 36.6 Å². The van der Waals surface area contributed by atoms with Crippen molar-refractivity contribution in [3.05, 3.63) is 59.0 Å². The number of carbonyl (C=O) groups is 1. The number of nitrogens with one attached hydrogen (secondary N) is 2. The molecule has 25 heavy (non-hydrogen) atoms. The summed E-state index contributed by atoms with van der Waals surface area (Å²) in [6.45, 7) is 6.11. The zero-order valence-corrected chi connectivity index (χ0v) is 14.4. The summed E-state index contributed by atoms with van der Waals surface area (Å²) in [4.78, 5) is 27.0. The molecule has 1 aliphatic rings. The Kier molecular flexibility index (Phi) is 3.97. The molecule has 4 rings (SSSR count). The van der Waals surface area contributed by atoms with Gasteiger partial charge in [0.2, 0.25) is 5.91 Å². The molecular weight excluding hydrogens is 314 g/mol. The lowest BCUT2D eigenvalue weighted by atomic mass is 9.98. The number of imidazole rings is 1. The Bertz CT molecular complexity index is 932. The van der Waals surface area contributed by atoms with Crippen molar-refractivity contribution in [2.45, 2.75) is 26.4 Å². The number of benzene rings is 1. The second-order valence-corrected chi connectivity index (χ2v) is 6.53. The number of fused-ring (bicyclic) bond motifs is 1. The molecule has 2 aromatic heterocycles. The standard InChI is InChI=1S/C19H21N5O/c1-12-5-3-4-6-14(12)17-19(25)21-9-10-24(17)11-15-22-16-13(2)7-8-20-18(16)23-15/h3-8,17H,9-11H2,1-2H3,(H,21,25)(H,20,22,23)/t17-/m1/s1. The summed E-state index contributed by atoms with van der Waals surface area (Å²) >= 11 is 0. The first-order chi connectivity index (χ1) is 12.1. The van der Waals surface area contributed by atoms with Gasteiger partial charge in [0.15, 0.2) is 5.65 Å². The molecule has 1 saturated heterocycles. The summed E-state index contributed by atoms with van der Waals surface area (Å²) in [6.07, 6.45) is 1.77. The lowest BCUT2D eigenvalue weighted by molar-refractivity contribution is -0.129. The van der Waals surface area contributed by atoms with Crippen LogP contribution in [0.3, 0.4) is 0 Å². The molecule has 0 saturated carbocycles. The monoisotopic (exact) mass is 335 g/mol. The van der Waals surface area contributed by atoms with Crippen molar-refractivity contribution in [2.75, 3.05) is 13.1 Å². The fraction of sp³-hybridized carbons (Fsp3) is 0.316. The van der Waals surface area contributed by atoms with Crippen LogP contribution in [-0.2, 0) is 11.3 Å². The number of rotatable bonds is 3. The van der Waals surface area contributed by atoms with Crippen LogP contribution in [0.2, 0.25) is 0 Å². The summed E-state index contributed by atoms with van der Waals surface area (Å²) in [5.74, 6) is 0.885. The van der Waals surface area contributed by atoms with Crippen LogP contribution < -0.4 is 5.32 Å². The zero-order chi connectivity index (χ0) is 17.4. The van der Waals surface area contributed by atoms with Gasteiger partial charge < -0.3 is 10.3 Å². The molecular formula is C19H21N5O. The number of aryl methyl sites for hydroxylation is 2. The highest BCUT2D eigenvalue weighted by molar-refractivity contribution is 5.84. The second kappa shape index (κ2) is 6.29. The van der Waals surface area contributed by atoms with Gasteiger partial charge in [-0.1, -0.05) is 24.3 Å². The highest BCUT2D eigenvalue weighted by Crippen LogP contribution is 2.27. The molecule has 0 spiro atoms. The van der Waals surface area contributed by atoms with E-state index < -0.39 is 0 Å². The minimum Gasteiger partial charge on any atom is -0.353 e. The van der Waals surface area contributed by atoms with E-state index in [9.17, 15) is 4.79 Å². The molecule has 3 heterocycles. The molecule has 1 fully saturated rings. The normalized spacial score (nSPS) is 18.5. The molecule has 1 amide bonds. The van der Waals surface area contributed by atoms with Gasteiger partial charge in [-0.3, -0.25) is 9.69 Å². The summed E-state index contributed by atoms with van der Waals surface area (Å²) < 4.78 is 0. The summed E-state index contributed by atoms with van der Waals surface area (Å²) in [5.41, 5.74) is 4.98. The van der Waals surface area contributed by atoms with Gasteiger partial charge in [0.05, 0.1) is 12.1 Å². The SMILES string of the molecule is Cc1ccccc1[C@@H]1C(=O)NCCN1Cc1nc2nccc(C)c2[nH]1.